The number of carbonyl (C=O) groups is 1. The third-order valence-electron chi connectivity index (χ3n) is 2.43. The van der Waals surface area contributed by atoms with E-state index in [0.29, 0.717) is 13.2 Å². The molecule has 96 valence electrons. The molecular weight excluding hydrogens is 204 g/mol. The molecule has 0 aliphatic heterocycles. The van der Waals surface area contributed by atoms with Crippen LogP contribution in [0.1, 0.15) is 47.0 Å². The highest BCUT2D eigenvalue weighted by Crippen LogP contribution is 2.07. The summed E-state index contributed by atoms with van der Waals surface area (Å²) in [6.45, 7) is 9.08. The Hall–Kier alpha value is -0.610. The molecule has 1 atom stereocenters. The van der Waals surface area contributed by atoms with Crippen LogP contribution in [0.3, 0.4) is 0 Å². The Morgan fingerprint density at radius 1 is 1.44 bits per heavy atom. The van der Waals surface area contributed by atoms with Crippen LogP contribution in [0.15, 0.2) is 0 Å². The molecule has 0 unspecified atom stereocenters. The molecule has 3 N–H and O–H groups in total. The Bertz CT molecular complexity index is 205. The molecule has 0 fully saturated rings. The number of unbranched alkanes of at least 4 members (excludes halogenated alkanes) is 1. The number of carbonyl (C=O) groups excluding carboxylic acids is 1. The molecule has 0 aliphatic carbocycles. The summed E-state index contributed by atoms with van der Waals surface area (Å²) in [7, 11) is 0. The second-order valence-corrected chi connectivity index (χ2v) is 4.66. The van der Waals surface area contributed by atoms with Crippen LogP contribution < -0.4 is 11.1 Å². The van der Waals surface area contributed by atoms with Crippen LogP contribution in [0.5, 0.6) is 0 Å². The molecule has 0 aromatic carbocycles. The maximum Gasteiger partial charge on any atom is 0.237 e. The molecule has 16 heavy (non-hydrogen) atoms. The Kier molecular flexibility index (Phi) is 7.34. The van der Waals surface area contributed by atoms with Gasteiger partial charge in [-0.25, -0.2) is 0 Å². The third-order valence-corrected chi connectivity index (χ3v) is 2.43. The lowest BCUT2D eigenvalue weighted by molar-refractivity contribution is -0.124. The minimum absolute atomic E-state index is 0.0822. The molecule has 0 aliphatic rings. The number of nitrogens with one attached hydrogen (secondary N) is 1. The summed E-state index contributed by atoms with van der Waals surface area (Å²) in [5.41, 5.74) is 5.43. The van der Waals surface area contributed by atoms with Gasteiger partial charge in [0.2, 0.25) is 5.91 Å². The van der Waals surface area contributed by atoms with Crippen molar-refractivity contribution < 1.29 is 9.53 Å². The number of rotatable bonds is 8. The second kappa shape index (κ2) is 7.63. The van der Waals surface area contributed by atoms with E-state index in [4.69, 9.17) is 10.5 Å². The fourth-order valence-electron chi connectivity index (χ4n) is 1.43. The van der Waals surface area contributed by atoms with E-state index < -0.39 is 6.04 Å². The average Bonchev–Trinajstić information content (AvgIpc) is 2.22. The van der Waals surface area contributed by atoms with Crippen LogP contribution in [-0.2, 0) is 9.53 Å². The summed E-state index contributed by atoms with van der Waals surface area (Å²) in [5, 5.41) is 2.83. The van der Waals surface area contributed by atoms with Gasteiger partial charge in [0.05, 0.1) is 11.6 Å². The van der Waals surface area contributed by atoms with Crippen molar-refractivity contribution in [2.75, 3.05) is 13.2 Å². The molecular formula is C12H26N2O2. The molecule has 0 aromatic heterocycles. The van der Waals surface area contributed by atoms with Crippen molar-refractivity contribution >= 4 is 5.91 Å². The van der Waals surface area contributed by atoms with Crippen LogP contribution >= 0.6 is 0 Å². The van der Waals surface area contributed by atoms with Gasteiger partial charge in [-0.15, -0.1) is 0 Å². The number of nitrogens with two attached hydrogens (primary N) is 1. The molecule has 0 aromatic rings. The predicted molar refractivity (Wildman–Crippen MR) is 66.2 cm³/mol. The first-order valence-corrected chi connectivity index (χ1v) is 6.10. The Morgan fingerprint density at radius 3 is 2.56 bits per heavy atom. The summed E-state index contributed by atoms with van der Waals surface area (Å²) >= 11 is 0. The quantitative estimate of drug-likeness (QED) is 0.663. The summed E-state index contributed by atoms with van der Waals surface area (Å²) in [4.78, 5) is 11.6. The van der Waals surface area contributed by atoms with E-state index >= 15 is 0 Å². The summed E-state index contributed by atoms with van der Waals surface area (Å²) in [6, 6.07) is -0.391. The minimum atomic E-state index is -0.391. The number of hydrogen-bond acceptors (Lipinski definition) is 3. The monoisotopic (exact) mass is 230 g/mol. The van der Waals surface area contributed by atoms with Gasteiger partial charge in [0.25, 0.3) is 0 Å². The number of amides is 1. The largest absolute Gasteiger partial charge is 0.374 e. The predicted octanol–water partition coefficient (Wildman–Crippen LogP) is 1.44. The van der Waals surface area contributed by atoms with E-state index in [0.717, 1.165) is 19.3 Å². The van der Waals surface area contributed by atoms with Crippen LogP contribution in [0.4, 0.5) is 0 Å². The minimum Gasteiger partial charge on any atom is -0.374 e. The lowest BCUT2D eigenvalue weighted by Crippen LogP contribution is -2.47. The van der Waals surface area contributed by atoms with Gasteiger partial charge in [-0.05, 0) is 27.2 Å². The normalized spacial score (nSPS) is 13.6. The fraction of sp³-hybridized carbons (Fsp3) is 0.917. The van der Waals surface area contributed by atoms with Crippen LogP contribution in [-0.4, -0.2) is 30.7 Å². The molecule has 4 heteroatoms. The first kappa shape index (κ1) is 15.4. The van der Waals surface area contributed by atoms with Crippen molar-refractivity contribution in [3.8, 4) is 0 Å². The SMILES string of the molecule is CCCC[C@H](N)C(=O)NCC(C)(C)OCC. The van der Waals surface area contributed by atoms with E-state index in [1.54, 1.807) is 0 Å². The first-order chi connectivity index (χ1) is 7.43. The van der Waals surface area contributed by atoms with Crippen molar-refractivity contribution in [1.82, 2.24) is 5.32 Å². The molecule has 0 bridgehead atoms. The van der Waals surface area contributed by atoms with Gasteiger partial charge < -0.3 is 15.8 Å². The zero-order valence-corrected chi connectivity index (χ0v) is 11.0. The smallest absolute Gasteiger partial charge is 0.237 e. The van der Waals surface area contributed by atoms with Crippen LogP contribution in [0.25, 0.3) is 0 Å². The van der Waals surface area contributed by atoms with E-state index in [-0.39, 0.29) is 11.5 Å². The zero-order chi connectivity index (χ0) is 12.6. The molecule has 0 heterocycles. The Balaban J connectivity index is 3.87. The van der Waals surface area contributed by atoms with Crippen molar-refractivity contribution in [2.45, 2.75) is 58.6 Å². The lowest BCUT2D eigenvalue weighted by atomic mass is 10.1. The highest BCUT2D eigenvalue weighted by atomic mass is 16.5. The van der Waals surface area contributed by atoms with Gasteiger partial charge in [-0.1, -0.05) is 19.8 Å². The van der Waals surface area contributed by atoms with Crippen molar-refractivity contribution in [2.24, 2.45) is 5.73 Å². The van der Waals surface area contributed by atoms with Crippen molar-refractivity contribution in [3.63, 3.8) is 0 Å². The molecule has 4 nitrogen and oxygen atoms in total. The zero-order valence-electron chi connectivity index (χ0n) is 11.0. The van der Waals surface area contributed by atoms with E-state index in [2.05, 4.69) is 12.2 Å². The second-order valence-electron chi connectivity index (χ2n) is 4.66. The molecule has 0 rings (SSSR count). The van der Waals surface area contributed by atoms with Crippen LogP contribution in [0.2, 0.25) is 0 Å². The van der Waals surface area contributed by atoms with Crippen LogP contribution in [0, 0.1) is 0 Å². The Morgan fingerprint density at radius 2 is 2.06 bits per heavy atom. The average molecular weight is 230 g/mol. The van der Waals surface area contributed by atoms with Gasteiger partial charge in [0, 0.05) is 13.2 Å². The van der Waals surface area contributed by atoms with Gasteiger partial charge >= 0.3 is 0 Å². The van der Waals surface area contributed by atoms with E-state index in [1.165, 1.54) is 0 Å². The van der Waals surface area contributed by atoms with E-state index in [9.17, 15) is 4.79 Å². The molecule has 0 saturated heterocycles. The number of ether oxygens (including phenoxy) is 1. The maximum atomic E-state index is 11.6. The lowest BCUT2D eigenvalue weighted by Gasteiger charge is -2.25. The highest BCUT2D eigenvalue weighted by molar-refractivity contribution is 5.81. The summed E-state index contributed by atoms with van der Waals surface area (Å²) < 4.78 is 5.49. The number of hydrogen-bond donors (Lipinski definition) is 2. The van der Waals surface area contributed by atoms with Crippen molar-refractivity contribution in [3.05, 3.63) is 0 Å². The maximum absolute atomic E-state index is 11.6. The highest BCUT2D eigenvalue weighted by Gasteiger charge is 2.20. The third kappa shape index (κ3) is 6.80. The molecule has 0 saturated carbocycles. The Labute approximate surface area is 98.9 Å². The van der Waals surface area contributed by atoms with E-state index in [1.807, 2.05) is 20.8 Å². The molecule has 1 amide bonds. The summed E-state index contributed by atoms with van der Waals surface area (Å²) in [5.74, 6) is -0.0822. The molecule has 0 radical (unpaired) electrons. The standard InChI is InChI=1S/C12H26N2O2/c1-5-7-8-10(13)11(15)14-9-12(3,4)16-6-2/h10H,5-9,13H2,1-4H3,(H,14,15)/t10-/m0/s1. The van der Waals surface area contributed by atoms with Gasteiger partial charge in [-0.2, -0.15) is 0 Å². The summed E-state index contributed by atoms with van der Waals surface area (Å²) in [6.07, 6.45) is 2.80. The van der Waals surface area contributed by atoms with Gasteiger partial charge in [-0.3, -0.25) is 4.79 Å². The van der Waals surface area contributed by atoms with Gasteiger partial charge in [0.1, 0.15) is 0 Å². The van der Waals surface area contributed by atoms with Crippen molar-refractivity contribution in [1.29, 1.82) is 0 Å². The fourth-order valence-corrected chi connectivity index (χ4v) is 1.43. The molecule has 0 spiro atoms. The topological polar surface area (TPSA) is 64.4 Å². The van der Waals surface area contributed by atoms with Gasteiger partial charge in [0.15, 0.2) is 0 Å². The first-order valence-electron chi connectivity index (χ1n) is 6.10.